The van der Waals surface area contributed by atoms with Crippen molar-refractivity contribution in [3.05, 3.63) is 46.5 Å². The summed E-state index contributed by atoms with van der Waals surface area (Å²) in [4.78, 5) is 2.56. The van der Waals surface area contributed by atoms with Crippen molar-refractivity contribution in [2.45, 2.75) is 44.7 Å². The average molecular weight is 323 g/mol. The van der Waals surface area contributed by atoms with Crippen molar-refractivity contribution >= 4 is 0 Å². The second-order valence-corrected chi connectivity index (χ2v) is 7.19. The van der Waals surface area contributed by atoms with E-state index in [0.717, 1.165) is 30.8 Å². The monoisotopic (exact) mass is 323 g/mol. The van der Waals surface area contributed by atoms with Crippen LogP contribution in [0.4, 0.5) is 0 Å². The van der Waals surface area contributed by atoms with E-state index >= 15 is 0 Å². The summed E-state index contributed by atoms with van der Waals surface area (Å²) in [5.41, 5.74) is 4.85. The third kappa shape index (κ3) is 1.96. The Labute approximate surface area is 141 Å². The number of ether oxygens (including phenoxy) is 1. The molecule has 1 aliphatic carbocycles. The standard InChI is InChI=1S/C20H21NO3/c1-2-11-7-12-9-21(13-3-4-13)10-15-14-5-6-16(22)19(23)20(14)24-17(8-11)18(12)15/h5-8,13,15,22-23H,2-4,9-10H2,1H3. The van der Waals surface area contributed by atoms with Crippen LogP contribution in [0, 0.1) is 0 Å². The summed E-state index contributed by atoms with van der Waals surface area (Å²) < 4.78 is 6.06. The van der Waals surface area contributed by atoms with Crippen LogP contribution in [-0.2, 0) is 13.0 Å². The molecule has 4 nitrogen and oxygen atoms in total. The third-order valence-corrected chi connectivity index (χ3v) is 5.63. The minimum absolute atomic E-state index is 0.126. The van der Waals surface area contributed by atoms with Gasteiger partial charge in [0.1, 0.15) is 5.75 Å². The highest BCUT2D eigenvalue weighted by atomic mass is 16.5. The first-order valence-electron chi connectivity index (χ1n) is 8.78. The van der Waals surface area contributed by atoms with Crippen molar-refractivity contribution in [1.29, 1.82) is 0 Å². The van der Waals surface area contributed by atoms with Gasteiger partial charge in [-0.05, 0) is 42.5 Å². The van der Waals surface area contributed by atoms with Crippen LogP contribution in [-0.4, -0.2) is 27.7 Å². The molecule has 2 N–H and O–H groups in total. The number of rotatable bonds is 2. The molecule has 24 heavy (non-hydrogen) atoms. The Bertz CT molecular complexity index is 841. The van der Waals surface area contributed by atoms with Gasteiger partial charge in [-0.1, -0.05) is 19.1 Å². The molecule has 3 aliphatic rings. The second kappa shape index (κ2) is 4.90. The summed E-state index contributed by atoms with van der Waals surface area (Å²) in [5.74, 6) is 1.19. The molecule has 2 aliphatic heterocycles. The molecule has 4 heteroatoms. The first-order chi connectivity index (χ1) is 11.7. The zero-order chi connectivity index (χ0) is 16.4. The fourth-order valence-corrected chi connectivity index (χ4v) is 4.21. The van der Waals surface area contributed by atoms with E-state index in [2.05, 4.69) is 24.0 Å². The smallest absolute Gasteiger partial charge is 0.201 e. The summed E-state index contributed by atoms with van der Waals surface area (Å²) >= 11 is 0. The lowest BCUT2D eigenvalue weighted by Gasteiger charge is -2.39. The summed E-state index contributed by atoms with van der Waals surface area (Å²) in [6.07, 6.45) is 3.52. The zero-order valence-electron chi connectivity index (χ0n) is 13.7. The van der Waals surface area contributed by atoms with Gasteiger partial charge in [-0.2, -0.15) is 0 Å². The van der Waals surface area contributed by atoms with E-state index in [0.29, 0.717) is 11.8 Å². The number of benzene rings is 2. The van der Waals surface area contributed by atoms with Gasteiger partial charge in [-0.15, -0.1) is 0 Å². The third-order valence-electron chi connectivity index (χ3n) is 5.63. The van der Waals surface area contributed by atoms with Crippen molar-refractivity contribution in [3.63, 3.8) is 0 Å². The van der Waals surface area contributed by atoms with Crippen LogP contribution >= 0.6 is 0 Å². The Kier molecular flexibility index (Phi) is 2.89. The Hall–Kier alpha value is -2.20. The highest BCUT2D eigenvalue weighted by Gasteiger charge is 2.40. The first-order valence-corrected chi connectivity index (χ1v) is 8.78. The average Bonchev–Trinajstić information content (AvgIpc) is 3.43. The molecule has 2 aromatic rings. The molecule has 124 valence electrons. The van der Waals surface area contributed by atoms with Crippen LogP contribution < -0.4 is 4.74 Å². The Balaban J connectivity index is 1.71. The fourth-order valence-electron chi connectivity index (χ4n) is 4.21. The lowest BCUT2D eigenvalue weighted by Crippen LogP contribution is -2.37. The van der Waals surface area contributed by atoms with Gasteiger partial charge >= 0.3 is 0 Å². The highest BCUT2D eigenvalue weighted by molar-refractivity contribution is 5.65. The van der Waals surface area contributed by atoms with E-state index in [-0.39, 0.29) is 17.4 Å². The van der Waals surface area contributed by atoms with Gasteiger partial charge in [-0.25, -0.2) is 0 Å². The molecule has 1 atom stereocenters. The topological polar surface area (TPSA) is 52.9 Å². The lowest BCUT2D eigenvalue weighted by molar-refractivity contribution is 0.222. The molecule has 2 heterocycles. The molecular weight excluding hydrogens is 302 g/mol. The summed E-state index contributed by atoms with van der Waals surface area (Å²) in [6, 6.07) is 8.56. The summed E-state index contributed by atoms with van der Waals surface area (Å²) in [6.45, 7) is 4.09. The zero-order valence-corrected chi connectivity index (χ0v) is 13.7. The van der Waals surface area contributed by atoms with Gasteiger partial charge in [-0.3, -0.25) is 4.90 Å². The number of fused-ring (bicyclic) bond motifs is 2. The maximum atomic E-state index is 10.3. The normalized spacial score (nSPS) is 21.8. The van der Waals surface area contributed by atoms with Crippen molar-refractivity contribution in [3.8, 4) is 23.0 Å². The molecule has 0 amide bonds. The van der Waals surface area contributed by atoms with Gasteiger partial charge in [0.05, 0.1) is 0 Å². The minimum Gasteiger partial charge on any atom is -0.504 e. The molecule has 2 aromatic carbocycles. The molecule has 1 fully saturated rings. The number of aryl methyl sites for hydroxylation is 1. The maximum Gasteiger partial charge on any atom is 0.201 e. The molecule has 0 saturated heterocycles. The molecule has 0 radical (unpaired) electrons. The van der Waals surface area contributed by atoms with Gasteiger partial charge in [0, 0.05) is 36.2 Å². The Morgan fingerprint density at radius 1 is 1.21 bits per heavy atom. The van der Waals surface area contributed by atoms with Gasteiger partial charge < -0.3 is 14.9 Å². The van der Waals surface area contributed by atoms with Crippen LogP contribution in [0.25, 0.3) is 0 Å². The summed E-state index contributed by atoms with van der Waals surface area (Å²) in [5, 5.41) is 20.2. The number of hydrogen-bond donors (Lipinski definition) is 2. The van der Waals surface area contributed by atoms with E-state index in [1.807, 2.05) is 6.07 Å². The number of phenolic OH excluding ortho intramolecular Hbond substituents is 2. The molecular formula is C20H21NO3. The predicted molar refractivity (Wildman–Crippen MR) is 90.9 cm³/mol. The van der Waals surface area contributed by atoms with E-state index in [4.69, 9.17) is 4.74 Å². The molecule has 0 bridgehead atoms. The SMILES string of the molecule is CCc1cc2c3c(c1)Oc1c(ccc(O)c1O)C3CN(C1CC1)C2. The van der Waals surface area contributed by atoms with Crippen molar-refractivity contribution in [2.24, 2.45) is 0 Å². The maximum absolute atomic E-state index is 10.3. The van der Waals surface area contributed by atoms with Crippen LogP contribution in [0.1, 0.15) is 47.9 Å². The van der Waals surface area contributed by atoms with Crippen molar-refractivity contribution in [2.75, 3.05) is 6.54 Å². The molecule has 1 unspecified atom stereocenters. The predicted octanol–water partition coefficient (Wildman–Crippen LogP) is 3.88. The number of hydrogen-bond acceptors (Lipinski definition) is 4. The molecule has 1 saturated carbocycles. The van der Waals surface area contributed by atoms with E-state index < -0.39 is 0 Å². The number of aromatic hydroxyl groups is 2. The second-order valence-electron chi connectivity index (χ2n) is 7.19. The molecule has 5 rings (SSSR count). The van der Waals surface area contributed by atoms with Crippen LogP contribution in [0.5, 0.6) is 23.0 Å². The lowest BCUT2D eigenvalue weighted by atomic mass is 9.81. The quantitative estimate of drug-likeness (QED) is 0.824. The minimum atomic E-state index is -0.148. The Morgan fingerprint density at radius 2 is 2.04 bits per heavy atom. The van der Waals surface area contributed by atoms with Crippen LogP contribution in [0.2, 0.25) is 0 Å². The van der Waals surface area contributed by atoms with Crippen LogP contribution in [0.3, 0.4) is 0 Å². The van der Waals surface area contributed by atoms with Crippen molar-refractivity contribution < 1.29 is 14.9 Å². The molecule has 0 spiro atoms. The van der Waals surface area contributed by atoms with Crippen LogP contribution in [0.15, 0.2) is 24.3 Å². The number of phenols is 2. The van der Waals surface area contributed by atoms with E-state index in [9.17, 15) is 10.2 Å². The van der Waals surface area contributed by atoms with Gasteiger partial charge in [0.15, 0.2) is 11.5 Å². The van der Waals surface area contributed by atoms with E-state index in [1.165, 1.54) is 29.5 Å². The first kappa shape index (κ1) is 14.2. The number of nitrogens with zero attached hydrogens (tertiary/aromatic N) is 1. The Morgan fingerprint density at radius 3 is 2.79 bits per heavy atom. The summed E-state index contributed by atoms with van der Waals surface area (Å²) in [7, 11) is 0. The van der Waals surface area contributed by atoms with Gasteiger partial charge in [0.2, 0.25) is 5.75 Å². The largest absolute Gasteiger partial charge is 0.504 e. The molecule has 0 aromatic heterocycles. The highest BCUT2D eigenvalue weighted by Crippen LogP contribution is 2.54. The van der Waals surface area contributed by atoms with Gasteiger partial charge in [0.25, 0.3) is 0 Å². The van der Waals surface area contributed by atoms with Crippen molar-refractivity contribution in [1.82, 2.24) is 4.90 Å². The fraction of sp³-hybridized carbons (Fsp3) is 0.400. The van der Waals surface area contributed by atoms with E-state index in [1.54, 1.807) is 6.07 Å².